The molecule has 1 amide bonds. The molecule has 11 heteroatoms. The number of nitriles is 1. The maximum atomic E-state index is 13.7. The van der Waals surface area contributed by atoms with Gasteiger partial charge in [-0.2, -0.15) is 5.26 Å². The molecule has 10 nitrogen and oxygen atoms in total. The lowest BCUT2D eigenvalue weighted by molar-refractivity contribution is -0.384. The Balaban J connectivity index is 1.65. The lowest BCUT2D eigenvalue weighted by atomic mass is 10.1. The van der Waals surface area contributed by atoms with Crippen LogP contribution in [0.3, 0.4) is 0 Å². The van der Waals surface area contributed by atoms with E-state index in [1.54, 1.807) is 85.8 Å². The minimum atomic E-state index is -0.699. The van der Waals surface area contributed by atoms with Crippen molar-refractivity contribution in [2.24, 2.45) is 0 Å². The fraction of sp³-hybridized carbons (Fsp3) is 0.0645. The van der Waals surface area contributed by atoms with Crippen LogP contribution in [0.5, 0.6) is 5.75 Å². The van der Waals surface area contributed by atoms with Gasteiger partial charge in [-0.05, 0) is 55.0 Å². The van der Waals surface area contributed by atoms with Gasteiger partial charge in [0.2, 0.25) is 0 Å². The van der Waals surface area contributed by atoms with Gasteiger partial charge in [0.25, 0.3) is 17.2 Å². The summed E-state index contributed by atoms with van der Waals surface area (Å²) in [4.78, 5) is 38.1. The second kappa shape index (κ2) is 11.8. The van der Waals surface area contributed by atoms with Crippen LogP contribution in [-0.2, 0) is 4.79 Å². The van der Waals surface area contributed by atoms with Gasteiger partial charge in [0, 0.05) is 23.9 Å². The van der Waals surface area contributed by atoms with Crippen LogP contribution < -0.4 is 24.8 Å². The molecule has 3 aromatic carbocycles. The van der Waals surface area contributed by atoms with Gasteiger partial charge in [0.1, 0.15) is 28.0 Å². The van der Waals surface area contributed by atoms with Crippen molar-refractivity contribution in [2.75, 3.05) is 12.4 Å². The topological polar surface area (TPSA) is 140 Å². The molecule has 0 atom stereocenters. The molecule has 0 aliphatic heterocycles. The highest BCUT2D eigenvalue weighted by molar-refractivity contribution is 7.07. The Hall–Kier alpha value is -5.73. The molecule has 0 aliphatic rings. The standard InChI is InChI=1S/C31H22N4O6S/c1-19-11-13-24(26(15-19)35(38)39)27-14-12-23(41-27)17-28-30(37)34(21-8-4-3-5-9-21)31(42-28)25(18-32)29(36)33-20-7-6-10-22(16-20)40-2/h3-17H,1-2H3,(H,33,36). The molecule has 5 rings (SSSR count). The smallest absolute Gasteiger partial charge is 0.280 e. The van der Waals surface area contributed by atoms with Crippen LogP contribution in [0.15, 0.2) is 94.1 Å². The lowest BCUT2D eigenvalue weighted by Crippen LogP contribution is -2.32. The summed E-state index contributed by atoms with van der Waals surface area (Å²) < 4.78 is 12.7. The molecule has 42 heavy (non-hydrogen) atoms. The third kappa shape index (κ3) is 5.60. The summed E-state index contributed by atoms with van der Waals surface area (Å²) >= 11 is 0.952. The zero-order valence-electron chi connectivity index (χ0n) is 22.4. The normalized spacial score (nSPS) is 12.0. The molecule has 0 unspecified atom stereocenters. The number of methoxy groups -OCH3 is 1. The van der Waals surface area contributed by atoms with Gasteiger partial charge in [-0.3, -0.25) is 24.3 Å². The van der Waals surface area contributed by atoms with Crippen LogP contribution >= 0.6 is 11.3 Å². The summed E-state index contributed by atoms with van der Waals surface area (Å²) in [5.41, 5.74) is 1.07. The Bertz CT molecular complexity index is 2050. The first-order chi connectivity index (χ1) is 20.3. The number of carbonyl (C=O) groups is 1. The first-order valence-corrected chi connectivity index (χ1v) is 13.3. The number of thiazole rings is 1. The molecule has 2 aromatic heterocycles. The Morgan fingerprint density at radius 1 is 1.10 bits per heavy atom. The number of hydrogen-bond donors (Lipinski definition) is 1. The molecule has 0 fully saturated rings. The number of amides is 1. The van der Waals surface area contributed by atoms with E-state index in [-0.39, 0.29) is 32.0 Å². The van der Waals surface area contributed by atoms with E-state index in [9.17, 15) is 25.0 Å². The number of benzene rings is 3. The van der Waals surface area contributed by atoms with Crippen molar-refractivity contribution < 1.29 is 18.9 Å². The van der Waals surface area contributed by atoms with E-state index in [0.29, 0.717) is 22.7 Å². The number of furan rings is 1. The van der Waals surface area contributed by atoms with Crippen molar-refractivity contribution in [1.29, 1.82) is 5.26 Å². The molecule has 208 valence electrons. The van der Waals surface area contributed by atoms with Crippen molar-refractivity contribution in [3.63, 3.8) is 0 Å². The number of nitrogens with zero attached hydrogens (tertiary/aromatic N) is 3. The molecule has 1 N–H and O–H groups in total. The van der Waals surface area contributed by atoms with E-state index < -0.39 is 16.4 Å². The van der Waals surface area contributed by atoms with E-state index >= 15 is 0 Å². The van der Waals surface area contributed by atoms with E-state index in [0.717, 1.165) is 16.9 Å². The first kappa shape index (κ1) is 27.8. The molecule has 0 aliphatic carbocycles. The molecule has 2 heterocycles. The number of aromatic nitrogens is 1. The van der Waals surface area contributed by atoms with Gasteiger partial charge in [0.15, 0.2) is 5.57 Å². The Kier molecular flexibility index (Phi) is 7.81. The number of rotatable bonds is 7. The molecule has 0 spiro atoms. The summed E-state index contributed by atoms with van der Waals surface area (Å²) in [6, 6.07) is 25.3. The minimum Gasteiger partial charge on any atom is -0.497 e. The Morgan fingerprint density at radius 3 is 2.60 bits per heavy atom. The van der Waals surface area contributed by atoms with Gasteiger partial charge in [0.05, 0.1) is 27.8 Å². The van der Waals surface area contributed by atoms with Crippen molar-refractivity contribution >= 4 is 40.3 Å². The van der Waals surface area contributed by atoms with Gasteiger partial charge < -0.3 is 14.5 Å². The zero-order valence-corrected chi connectivity index (χ0v) is 23.2. The summed E-state index contributed by atoms with van der Waals surface area (Å²) in [6.45, 7) is 1.76. The molecule has 0 saturated heterocycles. The van der Waals surface area contributed by atoms with Crippen LogP contribution in [0.4, 0.5) is 11.4 Å². The van der Waals surface area contributed by atoms with Crippen LogP contribution in [0.2, 0.25) is 0 Å². The number of anilines is 1. The number of carbonyl (C=O) groups excluding carboxylic acids is 1. The van der Waals surface area contributed by atoms with Crippen LogP contribution in [0.1, 0.15) is 11.3 Å². The van der Waals surface area contributed by atoms with Crippen LogP contribution in [0.25, 0.3) is 28.7 Å². The summed E-state index contributed by atoms with van der Waals surface area (Å²) in [5, 5.41) is 24.3. The average molecular weight is 579 g/mol. The fourth-order valence-corrected chi connectivity index (χ4v) is 5.34. The molecule has 0 radical (unpaired) electrons. The number of nitro groups is 1. The minimum absolute atomic E-state index is 0.101. The fourth-order valence-electron chi connectivity index (χ4n) is 4.26. The van der Waals surface area contributed by atoms with Gasteiger partial charge in [-0.25, -0.2) is 0 Å². The maximum Gasteiger partial charge on any atom is 0.280 e. The zero-order chi connectivity index (χ0) is 29.8. The molecule has 0 saturated carbocycles. The van der Waals surface area contributed by atoms with Crippen molar-refractivity contribution in [3.8, 4) is 28.8 Å². The highest BCUT2D eigenvalue weighted by Gasteiger charge is 2.20. The Morgan fingerprint density at radius 2 is 1.88 bits per heavy atom. The maximum absolute atomic E-state index is 13.7. The number of hydrogen-bond acceptors (Lipinski definition) is 8. The van der Waals surface area contributed by atoms with Crippen molar-refractivity contribution in [3.05, 3.63) is 126 Å². The second-order valence-corrected chi connectivity index (χ2v) is 10.1. The summed E-state index contributed by atoms with van der Waals surface area (Å²) in [6.07, 6.45) is 1.48. The van der Waals surface area contributed by atoms with E-state index in [4.69, 9.17) is 9.15 Å². The quantitative estimate of drug-likeness (QED) is 0.221. The molecule has 5 aromatic rings. The number of para-hydroxylation sites is 1. The number of nitrogens with one attached hydrogen (secondary N) is 1. The SMILES string of the molecule is COc1cccc(NC(=O)C(C#N)=c2sc(=Cc3ccc(-c4ccc(C)cc4[N+](=O)[O-])o3)c(=O)n2-c2ccccc2)c1. The van der Waals surface area contributed by atoms with Gasteiger partial charge in [-0.1, -0.05) is 30.3 Å². The average Bonchev–Trinajstić information content (AvgIpc) is 3.58. The predicted molar refractivity (Wildman–Crippen MR) is 159 cm³/mol. The largest absolute Gasteiger partial charge is 0.497 e. The number of aryl methyl sites for hydroxylation is 1. The van der Waals surface area contributed by atoms with E-state index in [1.807, 2.05) is 6.07 Å². The Labute approximate surface area is 242 Å². The van der Waals surface area contributed by atoms with Gasteiger partial charge in [-0.15, -0.1) is 11.3 Å². The predicted octanol–water partition coefficient (Wildman–Crippen LogP) is 4.53. The van der Waals surface area contributed by atoms with Crippen LogP contribution in [-0.4, -0.2) is 22.5 Å². The van der Waals surface area contributed by atoms with Crippen LogP contribution in [0, 0.1) is 28.4 Å². The second-order valence-electron chi connectivity index (χ2n) is 9.04. The third-order valence-corrected chi connectivity index (χ3v) is 7.33. The number of nitro benzene ring substituents is 1. The van der Waals surface area contributed by atoms with Gasteiger partial charge >= 0.3 is 0 Å². The molecular weight excluding hydrogens is 556 g/mol. The van der Waals surface area contributed by atoms with Crippen molar-refractivity contribution in [2.45, 2.75) is 6.92 Å². The molecular formula is C31H22N4O6S. The van der Waals surface area contributed by atoms with E-state index in [2.05, 4.69) is 5.32 Å². The number of ether oxygens (including phenoxy) is 1. The highest BCUT2D eigenvalue weighted by Crippen LogP contribution is 2.32. The van der Waals surface area contributed by atoms with Crippen molar-refractivity contribution in [1.82, 2.24) is 4.57 Å². The van der Waals surface area contributed by atoms with E-state index in [1.165, 1.54) is 23.8 Å². The molecule has 0 bridgehead atoms. The summed E-state index contributed by atoms with van der Waals surface area (Å²) in [7, 11) is 1.50. The summed E-state index contributed by atoms with van der Waals surface area (Å²) in [5.74, 6) is 0.351. The lowest BCUT2D eigenvalue weighted by Gasteiger charge is -2.07. The monoisotopic (exact) mass is 578 g/mol. The highest BCUT2D eigenvalue weighted by atomic mass is 32.1. The third-order valence-electron chi connectivity index (χ3n) is 6.23. The first-order valence-electron chi connectivity index (χ1n) is 12.5.